The zero-order valence-corrected chi connectivity index (χ0v) is 17.4. The Balaban J connectivity index is 2.34. The van der Waals surface area contributed by atoms with Gasteiger partial charge in [-0.05, 0) is 31.8 Å². The van der Waals surface area contributed by atoms with Crippen LogP contribution < -0.4 is 5.32 Å². The van der Waals surface area contributed by atoms with Crippen molar-refractivity contribution in [2.75, 3.05) is 20.3 Å². The molecule has 0 heterocycles. The second-order valence-electron chi connectivity index (χ2n) is 7.38. The summed E-state index contributed by atoms with van der Waals surface area (Å²) in [7, 11) is 1.78. The number of nitrogens with one attached hydrogen (secondary N) is 1. The maximum absolute atomic E-state index is 11.3. The average molecular weight is 379 g/mol. The van der Waals surface area contributed by atoms with Crippen molar-refractivity contribution in [2.24, 2.45) is 5.92 Å². The molecule has 1 aliphatic rings. The molecule has 1 rings (SSSR count). The van der Waals surface area contributed by atoms with Gasteiger partial charge in [0.25, 0.3) is 0 Å². The molecule has 2 unspecified atom stereocenters. The lowest BCUT2D eigenvalue weighted by molar-refractivity contribution is -0.135. The van der Waals surface area contributed by atoms with Gasteiger partial charge in [0.1, 0.15) is 6.23 Å². The first-order valence-electron chi connectivity index (χ1n) is 10.2. The predicted molar refractivity (Wildman–Crippen MR) is 111 cm³/mol. The highest BCUT2D eigenvalue weighted by Crippen LogP contribution is 2.28. The van der Waals surface area contributed by atoms with Crippen molar-refractivity contribution < 1.29 is 14.3 Å². The predicted octanol–water partition coefficient (Wildman–Crippen LogP) is 4.38. The van der Waals surface area contributed by atoms with E-state index in [4.69, 9.17) is 9.47 Å². The number of hydrogen-bond donors (Lipinski definition) is 1. The summed E-state index contributed by atoms with van der Waals surface area (Å²) in [6.07, 6.45) is 12.3. The largest absolute Gasteiger partial charge is 0.389 e. The molecule has 5 heteroatoms. The van der Waals surface area contributed by atoms with Crippen molar-refractivity contribution >= 4 is 6.41 Å². The van der Waals surface area contributed by atoms with Crippen LogP contribution in [0.25, 0.3) is 0 Å². The molecule has 0 spiro atoms. The number of carbonyl (C=O) groups is 1. The lowest BCUT2D eigenvalue weighted by Crippen LogP contribution is -2.35. The molecule has 1 amide bonds. The van der Waals surface area contributed by atoms with Crippen molar-refractivity contribution in [3.8, 4) is 0 Å². The van der Waals surface area contributed by atoms with E-state index in [1.165, 1.54) is 42.6 Å². The summed E-state index contributed by atoms with van der Waals surface area (Å²) >= 11 is 0. The Morgan fingerprint density at radius 2 is 2.00 bits per heavy atom. The second kappa shape index (κ2) is 13.6. The minimum absolute atomic E-state index is 0.0640. The third kappa shape index (κ3) is 9.78. The van der Waals surface area contributed by atoms with Gasteiger partial charge in [0.2, 0.25) is 6.41 Å². The van der Waals surface area contributed by atoms with Crippen LogP contribution in [0.1, 0.15) is 58.8 Å². The van der Waals surface area contributed by atoms with Gasteiger partial charge in [-0.15, -0.1) is 0 Å². The smallest absolute Gasteiger partial charge is 0.215 e. The number of nitrogens with zero attached hydrogens (tertiary/aromatic N) is 1. The normalized spacial score (nSPS) is 17.4. The van der Waals surface area contributed by atoms with Gasteiger partial charge >= 0.3 is 0 Å². The summed E-state index contributed by atoms with van der Waals surface area (Å²) in [5.74, 6) is 0.786. The van der Waals surface area contributed by atoms with Gasteiger partial charge in [0, 0.05) is 18.9 Å². The van der Waals surface area contributed by atoms with E-state index in [0.29, 0.717) is 13.2 Å². The quantitative estimate of drug-likeness (QED) is 0.211. The Kier molecular flexibility index (Phi) is 11.8. The van der Waals surface area contributed by atoms with Crippen molar-refractivity contribution in [2.45, 2.75) is 71.1 Å². The fourth-order valence-electron chi connectivity index (χ4n) is 3.30. The van der Waals surface area contributed by atoms with Crippen molar-refractivity contribution in [1.82, 2.24) is 10.2 Å². The van der Waals surface area contributed by atoms with Gasteiger partial charge in [-0.1, -0.05) is 57.8 Å². The van der Waals surface area contributed by atoms with Crippen LogP contribution in [0.2, 0.25) is 0 Å². The third-order valence-electron chi connectivity index (χ3n) is 5.07. The van der Waals surface area contributed by atoms with Crippen molar-refractivity contribution in [1.29, 1.82) is 0 Å². The minimum atomic E-state index is -0.373. The van der Waals surface area contributed by atoms with E-state index in [9.17, 15) is 4.79 Å². The Hall–Kier alpha value is -1.59. The van der Waals surface area contributed by atoms with Crippen LogP contribution in [0.15, 0.2) is 36.7 Å². The van der Waals surface area contributed by atoms with Gasteiger partial charge < -0.3 is 14.8 Å². The third-order valence-corrected chi connectivity index (χ3v) is 5.07. The van der Waals surface area contributed by atoms with Crippen LogP contribution >= 0.6 is 0 Å². The molecule has 0 aliphatic heterocycles. The fraction of sp³-hybridized carbons (Fsp3) is 0.682. The van der Waals surface area contributed by atoms with Crippen molar-refractivity contribution in [3.05, 3.63) is 36.7 Å². The molecule has 0 aromatic carbocycles. The number of amides is 1. The van der Waals surface area contributed by atoms with Gasteiger partial charge in [0.05, 0.1) is 19.3 Å². The van der Waals surface area contributed by atoms with E-state index in [0.717, 1.165) is 30.9 Å². The molecule has 1 saturated carbocycles. The van der Waals surface area contributed by atoms with Gasteiger partial charge in [-0.25, -0.2) is 0 Å². The Bertz CT molecular complexity index is 484. The van der Waals surface area contributed by atoms with Crippen molar-refractivity contribution in [3.63, 3.8) is 0 Å². The van der Waals surface area contributed by atoms with E-state index in [2.05, 4.69) is 25.4 Å². The Morgan fingerprint density at radius 3 is 2.59 bits per heavy atom. The number of allylic oxidation sites excluding steroid dienone is 1. The molecule has 1 fully saturated rings. The fourth-order valence-corrected chi connectivity index (χ4v) is 3.30. The Labute approximate surface area is 165 Å². The van der Waals surface area contributed by atoms with E-state index in [1.54, 1.807) is 19.3 Å². The summed E-state index contributed by atoms with van der Waals surface area (Å²) in [4.78, 5) is 12.8. The molecule has 0 aromatic rings. The summed E-state index contributed by atoms with van der Waals surface area (Å²) in [5, 5.41) is 2.91. The standard InChI is InChI=1S/C22H38N2O3/c1-6-22(27-20(4)24(17-25)13-12-19(3)23-5)16-26-15-18(2)14-21-10-8-7-9-11-21/h12-13,17,20-23H,2-3,6-11,14-16H2,1,4-5H3/b13-12-. The summed E-state index contributed by atoms with van der Waals surface area (Å²) in [6, 6.07) is 0. The maximum atomic E-state index is 11.3. The highest BCUT2D eigenvalue weighted by molar-refractivity contribution is 5.49. The van der Waals surface area contributed by atoms with E-state index < -0.39 is 0 Å². The van der Waals surface area contributed by atoms with Crippen LogP contribution in [0, 0.1) is 5.92 Å². The molecule has 0 bridgehead atoms. The first-order valence-corrected chi connectivity index (χ1v) is 10.2. The lowest BCUT2D eigenvalue weighted by atomic mass is 9.85. The lowest BCUT2D eigenvalue weighted by Gasteiger charge is -2.27. The van der Waals surface area contributed by atoms with E-state index in [1.807, 2.05) is 6.92 Å². The molecule has 0 aromatic heterocycles. The number of rotatable bonds is 14. The zero-order valence-electron chi connectivity index (χ0n) is 17.4. The molecule has 0 saturated heterocycles. The molecule has 27 heavy (non-hydrogen) atoms. The molecule has 154 valence electrons. The van der Waals surface area contributed by atoms with Crippen LogP contribution in [0.3, 0.4) is 0 Å². The van der Waals surface area contributed by atoms with Crippen LogP contribution in [0.4, 0.5) is 0 Å². The zero-order chi connectivity index (χ0) is 20.1. The van der Waals surface area contributed by atoms with Gasteiger partial charge in [0.15, 0.2) is 0 Å². The second-order valence-corrected chi connectivity index (χ2v) is 7.38. The first kappa shape index (κ1) is 23.4. The SMILES string of the molecule is C=C(COCC(CC)OC(C)N(C=O)/C=C\C(=C)NC)CC1CCCCC1. The number of likely N-dealkylation sites (N-methyl/N-ethyl adjacent to an activating group) is 1. The molecular weight excluding hydrogens is 340 g/mol. The molecule has 5 nitrogen and oxygen atoms in total. The monoisotopic (exact) mass is 378 g/mol. The Morgan fingerprint density at radius 1 is 1.30 bits per heavy atom. The minimum Gasteiger partial charge on any atom is -0.389 e. The molecule has 0 radical (unpaired) electrons. The summed E-state index contributed by atoms with van der Waals surface area (Å²) in [6.45, 7) is 13.0. The van der Waals surface area contributed by atoms with Crippen LogP contribution in [-0.4, -0.2) is 43.9 Å². The summed E-state index contributed by atoms with van der Waals surface area (Å²) < 4.78 is 11.8. The van der Waals surface area contributed by atoms with Gasteiger partial charge in [-0.2, -0.15) is 0 Å². The number of ether oxygens (including phenoxy) is 2. The van der Waals surface area contributed by atoms with E-state index in [-0.39, 0.29) is 12.3 Å². The molecule has 1 N–H and O–H groups in total. The highest BCUT2D eigenvalue weighted by atomic mass is 16.5. The molecular formula is C22H38N2O3. The summed E-state index contributed by atoms with van der Waals surface area (Å²) in [5.41, 5.74) is 1.90. The number of hydrogen-bond acceptors (Lipinski definition) is 4. The van der Waals surface area contributed by atoms with Gasteiger partial charge in [-0.3, -0.25) is 9.69 Å². The van der Waals surface area contributed by atoms with Crippen LogP contribution in [-0.2, 0) is 14.3 Å². The number of carbonyl (C=O) groups excluding carboxylic acids is 1. The topological polar surface area (TPSA) is 50.8 Å². The highest BCUT2D eigenvalue weighted by Gasteiger charge is 2.17. The first-order chi connectivity index (χ1) is 13.0. The average Bonchev–Trinajstić information content (AvgIpc) is 2.68. The van der Waals surface area contributed by atoms with Crippen LogP contribution in [0.5, 0.6) is 0 Å². The van der Waals surface area contributed by atoms with E-state index >= 15 is 0 Å². The molecule has 2 atom stereocenters. The maximum Gasteiger partial charge on any atom is 0.215 e. The molecule has 1 aliphatic carbocycles.